The van der Waals surface area contributed by atoms with Gasteiger partial charge in [-0.1, -0.05) is 37.3 Å². The number of rotatable bonds is 6. The van der Waals surface area contributed by atoms with Gasteiger partial charge in [-0.15, -0.1) is 0 Å². The maximum atomic E-state index is 12.9. The topological polar surface area (TPSA) is 73.5 Å². The quantitative estimate of drug-likeness (QED) is 0.633. The number of aromatic nitrogens is 1. The van der Waals surface area contributed by atoms with Crippen molar-refractivity contribution in [3.63, 3.8) is 0 Å². The number of nitrogens with zero attached hydrogens (tertiary/aromatic N) is 2. The van der Waals surface area contributed by atoms with Crippen LogP contribution in [0, 0.1) is 0 Å². The summed E-state index contributed by atoms with van der Waals surface area (Å²) >= 11 is 0. The van der Waals surface area contributed by atoms with Crippen LogP contribution in [0.1, 0.15) is 22.8 Å². The first-order chi connectivity index (χ1) is 14.0. The molecule has 1 aliphatic heterocycles. The number of nitrogens with one attached hydrogen (secondary N) is 1. The summed E-state index contributed by atoms with van der Waals surface area (Å²) in [7, 11) is -3.49. The second kappa shape index (κ2) is 8.10. The van der Waals surface area contributed by atoms with E-state index in [1.807, 2.05) is 48.2 Å². The minimum atomic E-state index is -3.49. The number of H-pyrrole nitrogens is 1. The molecule has 0 amide bonds. The summed E-state index contributed by atoms with van der Waals surface area (Å²) in [6, 6.07) is 14.8. The number of sulfonamides is 1. The third-order valence-electron chi connectivity index (χ3n) is 5.56. The largest absolute Gasteiger partial charge is 0.360 e. The zero-order chi connectivity index (χ0) is 20.4. The third kappa shape index (κ3) is 3.99. The lowest BCUT2D eigenvalue weighted by Crippen LogP contribution is -2.49. The van der Waals surface area contributed by atoms with E-state index >= 15 is 0 Å². The number of ketones is 1. The minimum absolute atomic E-state index is 0.0499. The van der Waals surface area contributed by atoms with Crippen LogP contribution in [0.15, 0.2) is 59.6 Å². The number of para-hydroxylation sites is 1. The predicted molar refractivity (Wildman–Crippen MR) is 114 cm³/mol. The summed E-state index contributed by atoms with van der Waals surface area (Å²) in [5.74, 6) is 0.0499. The summed E-state index contributed by atoms with van der Waals surface area (Å²) in [6.07, 6.45) is 2.64. The highest BCUT2D eigenvalue weighted by Crippen LogP contribution is 2.21. The number of aryl methyl sites for hydroxylation is 1. The van der Waals surface area contributed by atoms with Gasteiger partial charge in [-0.05, 0) is 30.2 Å². The molecule has 1 saturated heterocycles. The molecule has 1 N–H and O–H groups in total. The van der Waals surface area contributed by atoms with Gasteiger partial charge < -0.3 is 4.98 Å². The molecular weight excluding hydrogens is 386 g/mol. The zero-order valence-corrected chi connectivity index (χ0v) is 17.3. The van der Waals surface area contributed by atoms with E-state index in [2.05, 4.69) is 4.98 Å². The molecule has 7 heteroatoms. The number of piperazine rings is 1. The van der Waals surface area contributed by atoms with Crippen molar-refractivity contribution in [3.05, 3.63) is 65.9 Å². The van der Waals surface area contributed by atoms with Crippen molar-refractivity contribution >= 4 is 26.7 Å². The summed E-state index contributed by atoms with van der Waals surface area (Å²) in [5, 5.41) is 0.925. The van der Waals surface area contributed by atoms with Crippen LogP contribution in [0.2, 0.25) is 0 Å². The first-order valence-corrected chi connectivity index (χ1v) is 11.3. The number of aromatic amines is 1. The fourth-order valence-corrected chi connectivity index (χ4v) is 5.19. The van der Waals surface area contributed by atoms with Crippen LogP contribution in [0.3, 0.4) is 0 Å². The van der Waals surface area contributed by atoms with E-state index in [1.54, 1.807) is 18.3 Å². The van der Waals surface area contributed by atoms with E-state index in [0.29, 0.717) is 43.2 Å². The molecular formula is C22H25N3O3S. The first kappa shape index (κ1) is 19.8. The van der Waals surface area contributed by atoms with Gasteiger partial charge in [0.1, 0.15) is 0 Å². The Morgan fingerprint density at radius 1 is 1.00 bits per heavy atom. The lowest BCUT2D eigenvalue weighted by atomic mass is 10.1. The molecule has 0 unspecified atom stereocenters. The molecule has 0 aliphatic carbocycles. The van der Waals surface area contributed by atoms with Gasteiger partial charge in [0.15, 0.2) is 5.78 Å². The van der Waals surface area contributed by atoms with Gasteiger partial charge >= 0.3 is 0 Å². The highest BCUT2D eigenvalue weighted by Gasteiger charge is 2.29. The normalized spacial score (nSPS) is 16.3. The number of carbonyl (C=O) groups is 1. The summed E-state index contributed by atoms with van der Waals surface area (Å²) in [5.41, 5.74) is 2.75. The Kier molecular flexibility index (Phi) is 5.54. The van der Waals surface area contributed by atoms with Crippen LogP contribution in [0.4, 0.5) is 0 Å². The molecule has 0 atom stereocenters. The molecule has 6 nitrogen and oxygen atoms in total. The summed E-state index contributed by atoms with van der Waals surface area (Å²) in [4.78, 5) is 18.2. The van der Waals surface area contributed by atoms with Crippen molar-refractivity contribution in [1.82, 2.24) is 14.2 Å². The van der Waals surface area contributed by atoms with Crippen LogP contribution in [-0.2, 0) is 16.4 Å². The van der Waals surface area contributed by atoms with E-state index < -0.39 is 10.0 Å². The number of benzene rings is 2. The molecule has 2 aromatic carbocycles. The second-order valence-corrected chi connectivity index (χ2v) is 9.29. The number of Topliss-reactive ketones (excluding diaryl/α,β-unsaturated/α-hetero) is 1. The third-order valence-corrected chi connectivity index (χ3v) is 7.47. The molecule has 0 spiro atoms. The summed E-state index contributed by atoms with van der Waals surface area (Å²) < 4.78 is 27.3. The standard InChI is InChI=1S/C22H25N3O3S/c1-2-17-7-9-18(10-8-17)29(27,28)25-13-11-24(12-14-25)16-22(26)20-15-23-21-6-4-3-5-19(20)21/h3-10,15,23H,2,11-14,16H2,1H3. The lowest BCUT2D eigenvalue weighted by molar-refractivity contribution is 0.0903. The molecule has 29 heavy (non-hydrogen) atoms. The summed E-state index contributed by atoms with van der Waals surface area (Å²) in [6.45, 7) is 4.19. The molecule has 4 rings (SSSR count). The van der Waals surface area contributed by atoms with Crippen molar-refractivity contribution < 1.29 is 13.2 Å². The SMILES string of the molecule is CCc1ccc(S(=O)(=O)N2CCN(CC(=O)c3c[nH]c4ccccc34)CC2)cc1. The van der Waals surface area contributed by atoms with Gasteiger partial charge in [-0.3, -0.25) is 9.69 Å². The van der Waals surface area contributed by atoms with Gasteiger partial charge in [0.05, 0.1) is 11.4 Å². The lowest BCUT2D eigenvalue weighted by Gasteiger charge is -2.33. The van der Waals surface area contributed by atoms with E-state index in [9.17, 15) is 13.2 Å². The number of carbonyl (C=O) groups excluding carboxylic acids is 1. The fraction of sp³-hybridized carbons (Fsp3) is 0.318. The van der Waals surface area contributed by atoms with Crippen LogP contribution >= 0.6 is 0 Å². The molecule has 0 bridgehead atoms. The number of hydrogen-bond acceptors (Lipinski definition) is 4. The van der Waals surface area contributed by atoms with Gasteiger partial charge in [0.25, 0.3) is 0 Å². The van der Waals surface area contributed by atoms with Gasteiger partial charge in [-0.2, -0.15) is 4.31 Å². The Hall–Kier alpha value is -2.48. The number of fused-ring (bicyclic) bond motifs is 1. The second-order valence-electron chi connectivity index (χ2n) is 7.35. The average molecular weight is 412 g/mol. The van der Waals surface area contributed by atoms with Crippen molar-refractivity contribution in [2.24, 2.45) is 0 Å². The smallest absolute Gasteiger partial charge is 0.243 e. The Balaban J connectivity index is 1.39. The predicted octanol–water partition coefficient (Wildman–Crippen LogP) is 2.92. The highest BCUT2D eigenvalue weighted by molar-refractivity contribution is 7.89. The Bertz CT molecular complexity index is 1110. The molecule has 3 aromatic rings. The van der Waals surface area contributed by atoms with Gasteiger partial charge in [-0.25, -0.2) is 8.42 Å². The minimum Gasteiger partial charge on any atom is -0.360 e. The zero-order valence-electron chi connectivity index (χ0n) is 16.5. The van der Waals surface area contributed by atoms with Gasteiger partial charge in [0, 0.05) is 48.8 Å². The van der Waals surface area contributed by atoms with Crippen LogP contribution in [0.5, 0.6) is 0 Å². The maximum Gasteiger partial charge on any atom is 0.243 e. The molecule has 2 heterocycles. The van der Waals surface area contributed by atoms with Crippen molar-refractivity contribution in [3.8, 4) is 0 Å². The van der Waals surface area contributed by atoms with E-state index in [0.717, 1.165) is 22.9 Å². The van der Waals surface area contributed by atoms with Crippen LogP contribution < -0.4 is 0 Å². The van der Waals surface area contributed by atoms with Crippen LogP contribution in [0.25, 0.3) is 10.9 Å². The fourth-order valence-electron chi connectivity index (χ4n) is 3.76. The molecule has 1 aromatic heterocycles. The molecule has 1 fully saturated rings. The number of hydrogen-bond donors (Lipinski definition) is 1. The van der Waals surface area contributed by atoms with E-state index in [1.165, 1.54) is 4.31 Å². The van der Waals surface area contributed by atoms with Crippen LogP contribution in [-0.4, -0.2) is 61.1 Å². The maximum absolute atomic E-state index is 12.9. The van der Waals surface area contributed by atoms with Crippen molar-refractivity contribution in [2.45, 2.75) is 18.2 Å². The highest BCUT2D eigenvalue weighted by atomic mass is 32.2. The molecule has 0 saturated carbocycles. The van der Waals surface area contributed by atoms with Gasteiger partial charge in [0.2, 0.25) is 10.0 Å². The molecule has 1 aliphatic rings. The average Bonchev–Trinajstić information content (AvgIpc) is 3.18. The van der Waals surface area contributed by atoms with Crippen molar-refractivity contribution in [1.29, 1.82) is 0 Å². The van der Waals surface area contributed by atoms with E-state index in [-0.39, 0.29) is 5.78 Å². The Morgan fingerprint density at radius 3 is 2.38 bits per heavy atom. The molecule has 0 radical (unpaired) electrons. The Morgan fingerprint density at radius 2 is 1.69 bits per heavy atom. The Labute approximate surface area is 171 Å². The van der Waals surface area contributed by atoms with Crippen molar-refractivity contribution in [2.75, 3.05) is 32.7 Å². The monoisotopic (exact) mass is 411 g/mol. The van der Waals surface area contributed by atoms with E-state index in [4.69, 9.17) is 0 Å². The first-order valence-electron chi connectivity index (χ1n) is 9.90. The molecule has 152 valence electrons.